The predicted octanol–water partition coefficient (Wildman–Crippen LogP) is 2.32. The predicted molar refractivity (Wildman–Crippen MR) is 58.4 cm³/mol. The smallest absolute Gasteiger partial charge is 0.105 e. The minimum absolute atomic E-state index is 0.137. The van der Waals surface area contributed by atoms with Crippen molar-refractivity contribution in [1.82, 2.24) is 9.88 Å². The molecule has 0 N–H and O–H groups in total. The van der Waals surface area contributed by atoms with Crippen molar-refractivity contribution in [2.45, 2.75) is 32.4 Å². The van der Waals surface area contributed by atoms with Crippen LogP contribution in [0.3, 0.4) is 0 Å². The fraction of sp³-hybridized carbons (Fsp3) is 0.583. The minimum Gasteiger partial charge on any atom is -0.294 e. The summed E-state index contributed by atoms with van der Waals surface area (Å²) < 4.78 is 12.7. The van der Waals surface area contributed by atoms with Gasteiger partial charge in [0.2, 0.25) is 0 Å². The summed E-state index contributed by atoms with van der Waals surface area (Å²) in [5.41, 5.74) is 2.47. The van der Waals surface area contributed by atoms with Crippen molar-refractivity contribution in [3.8, 4) is 0 Å². The largest absolute Gasteiger partial charge is 0.294 e. The Balaban J connectivity index is 2.05. The average Bonchev–Trinajstić information content (AvgIpc) is 2.69. The molecular formula is C12H17FN2. The van der Waals surface area contributed by atoms with Crippen LogP contribution in [0.5, 0.6) is 0 Å². The van der Waals surface area contributed by atoms with Crippen molar-refractivity contribution >= 4 is 0 Å². The Hall–Kier alpha value is -0.960. The third kappa shape index (κ3) is 2.34. The lowest BCUT2D eigenvalue weighted by atomic mass is 10.1. The summed E-state index contributed by atoms with van der Waals surface area (Å²) in [5.74, 6) is 0. The van der Waals surface area contributed by atoms with Crippen LogP contribution in [0.1, 0.15) is 24.0 Å². The maximum atomic E-state index is 12.7. The van der Waals surface area contributed by atoms with Crippen LogP contribution >= 0.6 is 0 Å². The van der Waals surface area contributed by atoms with Crippen molar-refractivity contribution in [2.24, 2.45) is 0 Å². The molecule has 1 aliphatic heterocycles. The Bertz CT molecular complexity index is 327. The maximum absolute atomic E-state index is 12.7. The molecule has 15 heavy (non-hydrogen) atoms. The quantitative estimate of drug-likeness (QED) is 0.758. The van der Waals surface area contributed by atoms with E-state index in [1.165, 1.54) is 11.1 Å². The van der Waals surface area contributed by atoms with Crippen LogP contribution in [0.4, 0.5) is 4.39 Å². The van der Waals surface area contributed by atoms with Gasteiger partial charge in [-0.25, -0.2) is 4.39 Å². The van der Waals surface area contributed by atoms with Gasteiger partial charge in [-0.1, -0.05) is 0 Å². The highest BCUT2D eigenvalue weighted by atomic mass is 19.1. The zero-order chi connectivity index (χ0) is 10.7. The van der Waals surface area contributed by atoms with E-state index in [0.717, 1.165) is 25.9 Å². The number of halogens is 1. The number of pyridine rings is 1. The van der Waals surface area contributed by atoms with Crippen LogP contribution in [-0.2, 0) is 6.54 Å². The molecule has 1 aromatic rings. The summed E-state index contributed by atoms with van der Waals surface area (Å²) in [7, 11) is 0. The number of aromatic nitrogens is 1. The van der Waals surface area contributed by atoms with Gasteiger partial charge in [0.25, 0.3) is 0 Å². The third-order valence-corrected chi connectivity index (χ3v) is 3.19. The SMILES string of the molecule is Cc1cnccc1CN1CCC[C@@H]1CF. The molecule has 1 saturated heterocycles. The van der Waals surface area contributed by atoms with Crippen LogP contribution in [-0.4, -0.2) is 29.1 Å². The molecule has 1 aliphatic rings. The molecule has 0 saturated carbocycles. The molecule has 0 amide bonds. The molecule has 3 heteroatoms. The highest BCUT2D eigenvalue weighted by Crippen LogP contribution is 2.21. The van der Waals surface area contributed by atoms with Crippen molar-refractivity contribution in [1.29, 1.82) is 0 Å². The summed E-state index contributed by atoms with van der Waals surface area (Å²) in [6, 6.07) is 2.17. The summed E-state index contributed by atoms with van der Waals surface area (Å²) in [6.07, 6.45) is 5.80. The van der Waals surface area contributed by atoms with E-state index in [0.29, 0.717) is 0 Å². The van der Waals surface area contributed by atoms with Crippen molar-refractivity contribution in [2.75, 3.05) is 13.2 Å². The van der Waals surface area contributed by atoms with Crippen molar-refractivity contribution in [3.63, 3.8) is 0 Å². The van der Waals surface area contributed by atoms with E-state index in [1.54, 1.807) is 0 Å². The lowest BCUT2D eigenvalue weighted by Crippen LogP contribution is -2.30. The fourth-order valence-electron chi connectivity index (χ4n) is 2.18. The topological polar surface area (TPSA) is 16.1 Å². The molecule has 0 aliphatic carbocycles. The van der Waals surface area contributed by atoms with E-state index >= 15 is 0 Å². The summed E-state index contributed by atoms with van der Waals surface area (Å²) in [5, 5.41) is 0. The molecule has 0 spiro atoms. The first kappa shape index (κ1) is 10.6. The first-order chi connectivity index (χ1) is 7.31. The summed E-state index contributed by atoms with van der Waals surface area (Å²) in [6.45, 7) is 3.73. The summed E-state index contributed by atoms with van der Waals surface area (Å²) >= 11 is 0. The van der Waals surface area contributed by atoms with Gasteiger partial charge in [-0.3, -0.25) is 9.88 Å². The van der Waals surface area contributed by atoms with Gasteiger partial charge in [0.1, 0.15) is 6.67 Å². The number of nitrogens with zero attached hydrogens (tertiary/aromatic N) is 2. The molecule has 0 radical (unpaired) electrons. The highest BCUT2D eigenvalue weighted by Gasteiger charge is 2.24. The van der Waals surface area contributed by atoms with Crippen LogP contribution in [0.2, 0.25) is 0 Å². The van der Waals surface area contributed by atoms with Crippen molar-refractivity contribution < 1.29 is 4.39 Å². The van der Waals surface area contributed by atoms with Gasteiger partial charge in [-0.05, 0) is 43.5 Å². The molecule has 2 heterocycles. The van der Waals surface area contributed by atoms with E-state index in [4.69, 9.17) is 0 Å². The third-order valence-electron chi connectivity index (χ3n) is 3.19. The second kappa shape index (κ2) is 4.71. The van der Waals surface area contributed by atoms with Gasteiger partial charge < -0.3 is 0 Å². The van der Waals surface area contributed by atoms with Gasteiger partial charge in [0, 0.05) is 25.0 Å². The van der Waals surface area contributed by atoms with Gasteiger partial charge in [0.15, 0.2) is 0 Å². The fourth-order valence-corrected chi connectivity index (χ4v) is 2.18. The van der Waals surface area contributed by atoms with E-state index < -0.39 is 0 Å². The molecule has 0 bridgehead atoms. The normalized spacial score (nSPS) is 22.1. The van der Waals surface area contributed by atoms with Crippen LogP contribution in [0.25, 0.3) is 0 Å². The summed E-state index contributed by atoms with van der Waals surface area (Å²) in [4.78, 5) is 6.30. The number of alkyl halides is 1. The standard InChI is InChI=1S/C12H17FN2/c1-10-8-14-5-4-11(10)9-15-6-2-3-12(15)7-13/h4-5,8,12H,2-3,6-7,9H2,1H3/t12-/m1/s1. The first-order valence-corrected chi connectivity index (χ1v) is 5.51. The van der Waals surface area contributed by atoms with Crippen LogP contribution < -0.4 is 0 Å². The number of likely N-dealkylation sites (tertiary alicyclic amines) is 1. The van der Waals surface area contributed by atoms with Crippen molar-refractivity contribution in [3.05, 3.63) is 29.6 Å². The Morgan fingerprint density at radius 1 is 1.60 bits per heavy atom. The van der Waals surface area contributed by atoms with E-state index in [9.17, 15) is 4.39 Å². The Labute approximate surface area is 90.1 Å². The van der Waals surface area contributed by atoms with E-state index in [2.05, 4.69) is 16.8 Å². The lowest BCUT2D eigenvalue weighted by Gasteiger charge is -2.22. The Morgan fingerprint density at radius 3 is 3.20 bits per heavy atom. The second-order valence-electron chi connectivity index (χ2n) is 4.22. The first-order valence-electron chi connectivity index (χ1n) is 5.51. The van der Waals surface area contributed by atoms with Gasteiger partial charge in [0.05, 0.1) is 0 Å². The Kier molecular flexibility index (Phi) is 3.31. The maximum Gasteiger partial charge on any atom is 0.105 e. The van der Waals surface area contributed by atoms with E-state index in [-0.39, 0.29) is 12.7 Å². The van der Waals surface area contributed by atoms with E-state index in [1.807, 2.05) is 18.5 Å². The molecule has 0 unspecified atom stereocenters. The zero-order valence-corrected chi connectivity index (χ0v) is 9.12. The number of aryl methyl sites for hydroxylation is 1. The number of rotatable bonds is 3. The molecule has 1 fully saturated rings. The highest BCUT2D eigenvalue weighted by molar-refractivity contribution is 5.21. The number of hydrogen-bond donors (Lipinski definition) is 0. The van der Waals surface area contributed by atoms with Gasteiger partial charge in [-0.15, -0.1) is 0 Å². The Morgan fingerprint density at radius 2 is 2.47 bits per heavy atom. The zero-order valence-electron chi connectivity index (χ0n) is 9.12. The molecule has 0 aromatic carbocycles. The molecular weight excluding hydrogens is 191 g/mol. The molecule has 2 nitrogen and oxygen atoms in total. The van der Waals surface area contributed by atoms with Gasteiger partial charge in [-0.2, -0.15) is 0 Å². The second-order valence-corrected chi connectivity index (χ2v) is 4.22. The minimum atomic E-state index is -0.218. The average molecular weight is 208 g/mol. The molecule has 2 rings (SSSR count). The molecule has 1 atom stereocenters. The van der Waals surface area contributed by atoms with Crippen LogP contribution in [0.15, 0.2) is 18.5 Å². The number of hydrogen-bond acceptors (Lipinski definition) is 2. The lowest BCUT2D eigenvalue weighted by molar-refractivity contribution is 0.207. The van der Waals surface area contributed by atoms with Crippen LogP contribution in [0, 0.1) is 6.92 Å². The van der Waals surface area contributed by atoms with Gasteiger partial charge >= 0.3 is 0 Å². The monoisotopic (exact) mass is 208 g/mol. The molecule has 1 aromatic heterocycles. The molecule has 82 valence electrons.